The lowest BCUT2D eigenvalue weighted by molar-refractivity contribution is -0.137. The van der Waals surface area contributed by atoms with E-state index in [2.05, 4.69) is 12.2 Å². The second-order valence-corrected chi connectivity index (χ2v) is 8.20. The number of unbranched alkanes of at least 4 members (excludes halogenated alkanes) is 4. The van der Waals surface area contributed by atoms with Crippen molar-refractivity contribution in [2.45, 2.75) is 77.7 Å². The summed E-state index contributed by atoms with van der Waals surface area (Å²) in [6, 6.07) is 9.20. The number of hydrogen-bond donors (Lipinski definition) is 1. The Labute approximate surface area is 175 Å². The molecule has 5 nitrogen and oxygen atoms in total. The van der Waals surface area contributed by atoms with Crippen molar-refractivity contribution in [2.24, 2.45) is 5.92 Å². The predicted molar refractivity (Wildman–Crippen MR) is 115 cm³/mol. The summed E-state index contributed by atoms with van der Waals surface area (Å²) >= 11 is 0. The zero-order valence-electron chi connectivity index (χ0n) is 18.0. The van der Waals surface area contributed by atoms with Gasteiger partial charge in [-0.05, 0) is 38.2 Å². The Bertz CT molecular complexity index is 659. The van der Waals surface area contributed by atoms with Crippen molar-refractivity contribution in [3.8, 4) is 0 Å². The van der Waals surface area contributed by atoms with Crippen LogP contribution in [0.25, 0.3) is 0 Å². The van der Waals surface area contributed by atoms with E-state index in [9.17, 15) is 14.4 Å². The highest BCUT2D eigenvalue weighted by Crippen LogP contribution is 2.19. The van der Waals surface area contributed by atoms with Crippen LogP contribution in [0.2, 0.25) is 0 Å². The number of amides is 2. The maximum Gasteiger partial charge on any atom is 0.225 e. The van der Waals surface area contributed by atoms with Crippen LogP contribution in [-0.2, 0) is 20.8 Å². The number of ketones is 1. The highest BCUT2D eigenvalue weighted by Gasteiger charge is 2.30. The van der Waals surface area contributed by atoms with Gasteiger partial charge in [-0.2, -0.15) is 0 Å². The third-order valence-corrected chi connectivity index (χ3v) is 5.73. The monoisotopic (exact) mass is 400 g/mol. The maximum atomic E-state index is 12.8. The van der Waals surface area contributed by atoms with Crippen LogP contribution in [0.15, 0.2) is 30.3 Å². The zero-order chi connectivity index (χ0) is 21.1. The summed E-state index contributed by atoms with van der Waals surface area (Å²) in [5, 5.41) is 2.93. The van der Waals surface area contributed by atoms with Gasteiger partial charge in [-0.1, -0.05) is 62.9 Å². The van der Waals surface area contributed by atoms with Gasteiger partial charge in [-0.3, -0.25) is 14.4 Å². The molecule has 0 radical (unpaired) electrons. The molecule has 0 saturated carbocycles. The smallest absolute Gasteiger partial charge is 0.225 e. The van der Waals surface area contributed by atoms with Crippen molar-refractivity contribution in [1.29, 1.82) is 0 Å². The van der Waals surface area contributed by atoms with Gasteiger partial charge in [0.25, 0.3) is 0 Å². The van der Waals surface area contributed by atoms with Gasteiger partial charge in [0, 0.05) is 19.5 Å². The Hall–Kier alpha value is -2.17. The van der Waals surface area contributed by atoms with Gasteiger partial charge in [0.05, 0.1) is 12.0 Å². The molecule has 1 aromatic rings. The summed E-state index contributed by atoms with van der Waals surface area (Å²) in [5.74, 6) is -0.226. The Kier molecular flexibility index (Phi) is 9.89. The molecule has 1 fully saturated rings. The lowest BCUT2D eigenvalue weighted by Gasteiger charge is -2.33. The summed E-state index contributed by atoms with van der Waals surface area (Å²) in [5.41, 5.74) is 1.02. The lowest BCUT2D eigenvalue weighted by Crippen LogP contribution is -2.49. The van der Waals surface area contributed by atoms with Crippen LogP contribution in [0.4, 0.5) is 0 Å². The van der Waals surface area contributed by atoms with E-state index < -0.39 is 6.04 Å². The molecular weight excluding hydrogens is 364 g/mol. The van der Waals surface area contributed by atoms with Gasteiger partial charge in [-0.25, -0.2) is 0 Å². The Morgan fingerprint density at radius 2 is 1.83 bits per heavy atom. The van der Waals surface area contributed by atoms with Gasteiger partial charge in [-0.15, -0.1) is 0 Å². The molecule has 1 saturated heterocycles. The van der Waals surface area contributed by atoms with Crippen LogP contribution in [0.5, 0.6) is 0 Å². The minimum Gasteiger partial charge on any atom is -0.346 e. The average molecular weight is 401 g/mol. The number of carbonyl (C=O) groups is 3. The van der Waals surface area contributed by atoms with E-state index in [0.29, 0.717) is 19.4 Å². The topological polar surface area (TPSA) is 66.5 Å². The first-order chi connectivity index (χ1) is 14.0. The molecular formula is C24H36N2O3. The molecule has 1 aliphatic rings. The summed E-state index contributed by atoms with van der Waals surface area (Å²) in [6.45, 7) is 4.90. The second-order valence-electron chi connectivity index (χ2n) is 8.20. The van der Waals surface area contributed by atoms with E-state index in [1.165, 1.54) is 26.2 Å². The molecule has 0 spiro atoms. The number of benzene rings is 1. The molecule has 0 aromatic heterocycles. The summed E-state index contributed by atoms with van der Waals surface area (Å²) in [6.07, 6.45) is 8.29. The van der Waals surface area contributed by atoms with E-state index in [1.54, 1.807) is 0 Å². The minimum absolute atomic E-state index is 0.0435. The molecule has 0 unspecified atom stereocenters. The average Bonchev–Trinajstić information content (AvgIpc) is 2.73. The summed E-state index contributed by atoms with van der Waals surface area (Å²) < 4.78 is 0. The highest BCUT2D eigenvalue weighted by atomic mass is 16.2. The molecule has 5 heteroatoms. The number of piperidine rings is 1. The third kappa shape index (κ3) is 8.00. The molecule has 0 aliphatic carbocycles. The number of nitrogens with zero attached hydrogens (tertiary/aromatic N) is 1. The van der Waals surface area contributed by atoms with Crippen molar-refractivity contribution in [2.75, 3.05) is 13.1 Å². The minimum atomic E-state index is -0.519. The SMILES string of the molecule is CCCCCCCC(=O)N1CCC[C@H](C(=O)N[C@@H](Cc2ccccc2)C(C)=O)C1. The first-order valence-electron chi connectivity index (χ1n) is 11.1. The summed E-state index contributed by atoms with van der Waals surface area (Å²) in [7, 11) is 0. The quantitative estimate of drug-likeness (QED) is 0.573. The normalized spacial score (nSPS) is 17.6. The van der Waals surface area contributed by atoms with Crippen LogP contribution in [0.3, 0.4) is 0 Å². The van der Waals surface area contributed by atoms with E-state index in [0.717, 1.165) is 37.8 Å². The molecule has 2 rings (SSSR count). The standard InChI is InChI=1S/C24H36N2O3/c1-3-4-5-6-10-15-23(28)26-16-11-14-21(18-26)24(29)25-22(19(2)27)17-20-12-8-7-9-13-20/h7-9,12-13,21-22H,3-6,10-11,14-18H2,1-2H3,(H,25,29)/t21-,22-/m0/s1. The molecule has 1 aromatic carbocycles. The zero-order valence-corrected chi connectivity index (χ0v) is 18.0. The first kappa shape index (κ1) is 23.1. The lowest BCUT2D eigenvalue weighted by atomic mass is 9.95. The van der Waals surface area contributed by atoms with Gasteiger partial charge in [0.15, 0.2) is 5.78 Å². The fraction of sp³-hybridized carbons (Fsp3) is 0.625. The predicted octanol–water partition coefficient (Wildman–Crippen LogP) is 3.90. The van der Waals surface area contributed by atoms with Gasteiger partial charge in [0.2, 0.25) is 11.8 Å². The number of hydrogen-bond acceptors (Lipinski definition) is 3. The fourth-order valence-corrected chi connectivity index (χ4v) is 3.89. The van der Waals surface area contributed by atoms with Crippen molar-refractivity contribution in [3.63, 3.8) is 0 Å². The van der Waals surface area contributed by atoms with Crippen molar-refractivity contribution < 1.29 is 14.4 Å². The molecule has 29 heavy (non-hydrogen) atoms. The molecule has 2 amide bonds. The number of likely N-dealkylation sites (tertiary alicyclic amines) is 1. The van der Waals surface area contributed by atoms with Crippen molar-refractivity contribution >= 4 is 17.6 Å². The molecule has 0 bridgehead atoms. The largest absolute Gasteiger partial charge is 0.346 e. The van der Waals surface area contributed by atoms with E-state index >= 15 is 0 Å². The van der Waals surface area contributed by atoms with Crippen LogP contribution in [0, 0.1) is 5.92 Å². The van der Waals surface area contributed by atoms with Crippen molar-refractivity contribution in [1.82, 2.24) is 10.2 Å². The van der Waals surface area contributed by atoms with Gasteiger partial charge in [0.1, 0.15) is 0 Å². The van der Waals surface area contributed by atoms with E-state index in [-0.39, 0.29) is 23.5 Å². The molecule has 160 valence electrons. The van der Waals surface area contributed by atoms with E-state index in [4.69, 9.17) is 0 Å². The highest BCUT2D eigenvalue weighted by molar-refractivity contribution is 5.89. The third-order valence-electron chi connectivity index (χ3n) is 5.73. The molecule has 1 heterocycles. The second kappa shape index (κ2) is 12.4. The van der Waals surface area contributed by atoms with Crippen LogP contribution >= 0.6 is 0 Å². The number of nitrogens with one attached hydrogen (secondary N) is 1. The molecule has 2 atom stereocenters. The number of carbonyl (C=O) groups excluding carboxylic acids is 3. The fourth-order valence-electron chi connectivity index (χ4n) is 3.89. The molecule has 1 N–H and O–H groups in total. The van der Waals surface area contributed by atoms with E-state index in [1.807, 2.05) is 35.2 Å². The molecule has 1 aliphatic heterocycles. The number of rotatable bonds is 11. The first-order valence-corrected chi connectivity index (χ1v) is 11.1. The van der Waals surface area contributed by atoms with Crippen LogP contribution in [-0.4, -0.2) is 41.6 Å². The van der Waals surface area contributed by atoms with Gasteiger partial charge >= 0.3 is 0 Å². The Morgan fingerprint density at radius 3 is 2.52 bits per heavy atom. The van der Waals surface area contributed by atoms with Crippen LogP contribution in [0.1, 0.15) is 70.8 Å². The number of Topliss-reactive ketones (excluding diaryl/α,β-unsaturated/α-hetero) is 1. The summed E-state index contributed by atoms with van der Waals surface area (Å²) in [4.78, 5) is 39.2. The van der Waals surface area contributed by atoms with Gasteiger partial charge < -0.3 is 10.2 Å². The Balaban J connectivity index is 1.84. The maximum absolute atomic E-state index is 12.8. The van der Waals surface area contributed by atoms with Crippen LogP contribution < -0.4 is 5.32 Å². The Morgan fingerprint density at radius 1 is 1.10 bits per heavy atom. The van der Waals surface area contributed by atoms with Crippen molar-refractivity contribution in [3.05, 3.63) is 35.9 Å².